The van der Waals surface area contributed by atoms with Crippen molar-refractivity contribution in [3.05, 3.63) is 58.8 Å². The van der Waals surface area contributed by atoms with Gasteiger partial charge in [0.15, 0.2) is 6.10 Å². The highest BCUT2D eigenvalue weighted by atomic mass is 16.6. The standard InChI is InChI=1S/C25H36O4/c1-18(8-5-9-19(2)11-7-13-22-14-15-28-17-22)10-6-12-20(3)16-23-24(26)21(4)25(27)29-23/h9-10,14-15,17,20,23,26H,5-8,11-13,16H2,1-4H3. The smallest absolute Gasteiger partial charge is 0.337 e. The van der Waals surface area contributed by atoms with E-state index in [1.165, 1.54) is 16.7 Å². The van der Waals surface area contributed by atoms with Gasteiger partial charge in [0.1, 0.15) is 5.76 Å². The lowest BCUT2D eigenvalue weighted by atomic mass is 9.96. The molecule has 0 fully saturated rings. The van der Waals surface area contributed by atoms with Crippen molar-refractivity contribution >= 4 is 5.97 Å². The molecule has 1 aromatic heterocycles. The number of allylic oxidation sites excluding steroid dienone is 4. The summed E-state index contributed by atoms with van der Waals surface area (Å²) in [6, 6.07) is 2.04. The highest BCUT2D eigenvalue weighted by Crippen LogP contribution is 2.27. The van der Waals surface area contributed by atoms with E-state index in [4.69, 9.17) is 9.15 Å². The van der Waals surface area contributed by atoms with Crippen LogP contribution in [0.1, 0.15) is 78.2 Å². The van der Waals surface area contributed by atoms with Crippen LogP contribution in [-0.2, 0) is 16.0 Å². The summed E-state index contributed by atoms with van der Waals surface area (Å²) in [5.41, 5.74) is 4.51. The Bertz CT molecular complexity index is 737. The number of aliphatic hydroxyl groups excluding tert-OH is 1. The minimum absolute atomic E-state index is 0.112. The van der Waals surface area contributed by atoms with E-state index < -0.39 is 6.10 Å². The molecule has 0 saturated carbocycles. The van der Waals surface area contributed by atoms with Crippen molar-refractivity contribution in [2.45, 2.75) is 85.2 Å². The highest BCUT2D eigenvalue weighted by Gasteiger charge is 2.32. The van der Waals surface area contributed by atoms with Crippen molar-refractivity contribution in [3.63, 3.8) is 0 Å². The third-order valence-electron chi connectivity index (χ3n) is 5.66. The maximum atomic E-state index is 11.5. The van der Waals surface area contributed by atoms with E-state index in [1.54, 1.807) is 13.2 Å². The van der Waals surface area contributed by atoms with Gasteiger partial charge in [-0.1, -0.05) is 30.2 Å². The summed E-state index contributed by atoms with van der Waals surface area (Å²) in [6.45, 7) is 8.18. The average molecular weight is 401 g/mol. The van der Waals surface area contributed by atoms with Crippen LogP contribution >= 0.6 is 0 Å². The Labute approximate surface area is 175 Å². The first-order valence-corrected chi connectivity index (χ1v) is 10.8. The maximum absolute atomic E-state index is 11.5. The van der Waals surface area contributed by atoms with E-state index in [2.05, 4.69) is 32.9 Å². The van der Waals surface area contributed by atoms with Crippen LogP contribution in [0.4, 0.5) is 0 Å². The summed E-state index contributed by atoms with van der Waals surface area (Å²) in [6.07, 6.45) is 16.1. The summed E-state index contributed by atoms with van der Waals surface area (Å²) in [4.78, 5) is 11.5. The van der Waals surface area contributed by atoms with E-state index in [1.807, 2.05) is 12.3 Å². The molecule has 0 spiro atoms. The Hall–Kier alpha value is -2.23. The van der Waals surface area contributed by atoms with Crippen LogP contribution in [0.3, 0.4) is 0 Å². The molecule has 0 amide bonds. The summed E-state index contributed by atoms with van der Waals surface area (Å²) in [7, 11) is 0. The number of aryl methyl sites for hydroxylation is 1. The lowest BCUT2D eigenvalue weighted by Crippen LogP contribution is -2.15. The van der Waals surface area contributed by atoms with Gasteiger partial charge < -0.3 is 14.3 Å². The predicted octanol–water partition coefficient (Wildman–Crippen LogP) is 6.84. The molecule has 0 aromatic carbocycles. The molecule has 4 nitrogen and oxygen atoms in total. The Kier molecular flexibility index (Phi) is 9.30. The molecular formula is C25H36O4. The van der Waals surface area contributed by atoms with Gasteiger partial charge in [0.05, 0.1) is 18.1 Å². The zero-order valence-corrected chi connectivity index (χ0v) is 18.4. The van der Waals surface area contributed by atoms with Crippen molar-refractivity contribution in [1.82, 2.24) is 0 Å². The molecule has 29 heavy (non-hydrogen) atoms. The lowest BCUT2D eigenvalue weighted by molar-refractivity contribution is -0.140. The molecular weight excluding hydrogens is 364 g/mol. The molecule has 2 rings (SSSR count). The number of esters is 1. The number of hydrogen-bond acceptors (Lipinski definition) is 4. The molecule has 160 valence electrons. The summed E-state index contributed by atoms with van der Waals surface area (Å²) in [5.74, 6) is 0.114. The first-order chi connectivity index (χ1) is 13.9. The van der Waals surface area contributed by atoms with Crippen LogP contribution in [0.25, 0.3) is 0 Å². The van der Waals surface area contributed by atoms with Crippen LogP contribution in [0.5, 0.6) is 0 Å². The second-order valence-corrected chi connectivity index (χ2v) is 8.45. The molecule has 0 radical (unpaired) electrons. The van der Waals surface area contributed by atoms with Gasteiger partial charge in [-0.2, -0.15) is 0 Å². The normalized spacial score (nSPS) is 19.0. The Balaban J connectivity index is 1.60. The van der Waals surface area contributed by atoms with Crippen molar-refractivity contribution in [2.75, 3.05) is 0 Å². The van der Waals surface area contributed by atoms with E-state index >= 15 is 0 Å². The zero-order chi connectivity index (χ0) is 21.2. The van der Waals surface area contributed by atoms with Crippen molar-refractivity contribution in [1.29, 1.82) is 0 Å². The van der Waals surface area contributed by atoms with Crippen LogP contribution in [0.2, 0.25) is 0 Å². The van der Waals surface area contributed by atoms with Crippen LogP contribution < -0.4 is 0 Å². The van der Waals surface area contributed by atoms with Crippen LogP contribution in [0, 0.1) is 5.92 Å². The van der Waals surface area contributed by atoms with E-state index in [0.29, 0.717) is 17.9 Å². The number of rotatable bonds is 12. The van der Waals surface area contributed by atoms with Gasteiger partial charge in [0.25, 0.3) is 0 Å². The molecule has 1 aromatic rings. The third kappa shape index (κ3) is 7.96. The van der Waals surface area contributed by atoms with Gasteiger partial charge in [-0.15, -0.1) is 0 Å². The van der Waals surface area contributed by atoms with E-state index in [0.717, 1.165) is 44.9 Å². The third-order valence-corrected chi connectivity index (χ3v) is 5.66. The van der Waals surface area contributed by atoms with Gasteiger partial charge in [-0.05, 0) is 89.7 Å². The summed E-state index contributed by atoms with van der Waals surface area (Å²) >= 11 is 0. The molecule has 2 unspecified atom stereocenters. The number of carbonyl (C=O) groups excluding carboxylic acids is 1. The number of cyclic esters (lactones) is 1. The number of ether oxygens (including phenoxy) is 1. The minimum atomic E-state index is -0.454. The monoisotopic (exact) mass is 400 g/mol. The fraction of sp³-hybridized carbons (Fsp3) is 0.560. The molecule has 1 aliphatic heterocycles. The van der Waals surface area contributed by atoms with E-state index in [9.17, 15) is 9.90 Å². The van der Waals surface area contributed by atoms with Crippen LogP contribution in [-0.4, -0.2) is 17.2 Å². The number of aliphatic hydroxyl groups is 1. The SMILES string of the molecule is CC(=CCCC(C)CC1OC(=O)C(C)=C1O)CCC=C(C)CCCc1ccoc1. The molecule has 1 N–H and O–H groups in total. The fourth-order valence-electron chi connectivity index (χ4n) is 3.63. The molecule has 4 heteroatoms. The van der Waals surface area contributed by atoms with Gasteiger partial charge >= 0.3 is 5.97 Å². The van der Waals surface area contributed by atoms with Crippen LogP contribution in [0.15, 0.2) is 57.6 Å². The molecule has 0 bridgehead atoms. The Morgan fingerprint density at radius 3 is 2.59 bits per heavy atom. The van der Waals surface area contributed by atoms with Crippen molar-refractivity contribution in [2.24, 2.45) is 5.92 Å². The number of furan rings is 1. The molecule has 2 heterocycles. The topological polar surface area (TPSA) is 59.7 Å². The lowest BCUT2D eigenvalue weighted by Gasteiger charge is -2.15. The van der Waals surface area contributed by atoms with Gasteiger partial charge in [-0.3, -0.25) is 0 Å². The first kappa shape index (κ1) is 23.1. The quantitative estimate of drug-likeness (QED) is 0.308. The Morgan fingerprint density at radius 1 is 1.21 bits per heavy atom. The molecule has 2 atom stereocenters. The first-order valence-electron chi connectivity index (χ1n) is 10.8. The van der Waals surface area contributed by atoms with Gasteiger partial charge in [0.2, 0.25) is 0 Å². The molecule has 1 aliphatic rings. The second-order valence-electron chi connectivity index (χ2n) is 8.45. The van der Waals surface area contributed by atoms with Crippen molar-refractivity contribution in [3.8, 4) is 0 Å². The fourth-order valence-corrected chi connectivity index (χ4v) is 3.63. The predicted molar refractivity (Wildman–Crippen MR) is 117 cm³/mol. The largest absolute Gasteiger partial charge is 0.508 e. The van der Waals surface area contributed by atoms with Gasteiger partial charge in [0, 0.05) is 0 Å². The number of hydrogen-bond donors (Lipinski definition) is 1. The second kappa shape index (κ2) is 11.7. The molecule has 0 aliphatic carbocycles. The minimum Gasteiger partial charge on any atom is -0.508 e. The maximum Gasteiger partial charge on any atom is 0.337 e. The molecule has 0 saturated heterocycles. The Morgan fingerprint density at radius 2 is 1.93 bits per heavy atom. The zero-order valence-electron chi connectivity index (χ0n) is 18.4. The number of carbonyl (C=O) groups is 1. The summed E-state index contributed by atoms with van der Waals surface area (Å²) in [5, 5.41) is 9.95. The highest BCUT2D eigenvalue weighted by molar-refractivity contribution is 5.90. The summed E-state index contributed by atoms with van der Waals surface area (Å²) < 4.78 is 10.3. The van der Waals surface area contributed by atoms with Crippen molar-refractivity contribution < 1.29 is 19.1 Å². The van der Waals surface area contributed by atoms with E-state index in [-0.39, 0.29) is 11.7 Å². The van der Waals surface area contributed by atoms with Gasteiger partial charge in [-0.25, -0.2) is 4.79 Å². The average Bonchev–Trinajstić information content (AvgIpc) is 3.27.